The van der Waals surface area contributed by atoms with Gasteiger partial charge < -0.3 is 15.5 Å². The van der Waals surface area contributed by atoms with E-state index in [1.807, 2.05) is 12.1 Å². The maximum atomic E-state index is 15.0. The van der Waals surface area contributed by atoms with Gasteiger partial charge in [0.05, 0.1) is 17.4 Å². The van der Waals surface area contributed by atoms with Crippen molar-refractivity contribution in [2.45, 2.75) is 19.3 Å². The minimum Gasteiger partial charge on any atom is -0.357 e. The summed E-state index contributed by atoms with van der Waals surface area (Å²) in [7, 11) is 0. The summed E-state index contributed by atoms with van der Waals surface area (Å²) in [5.74, 6) is 0.548. The number of rotatable bonds is 6. The Labute approximate surface area is 202 Å². The number of hydrogen-bond acceptors (Lipinski definition) is 6. The van der Waals surface area contributed by atoms with E-state index >= 15 is 4.39 Å². The summed E-state index contributed by atoms with van der Waals surface area (Å²) < 4.78 is 15.0. The summed E-state index contributed by atoms with van der Waals surface area (Å²) in [6.07, 6.45) is 8.25. The largest absolute Gasteiger partial charge is 0.357 e. The number of nitrogens with one attached hydrogen (secondary N) is 2. The molecule has 1 fully saturated rings. The Kier molecular flexibility index (Phi) is 6.34. The van der Waals surface area contributed by atoms with Gasteiger partial charge in [0.1, 0.15) is 11.6 Å². The van der Waals surface area contributed by atoms with Gasteiger partial charge in [-0.3, -0.25) is 4.79 Å². The lowest BCUT2D eigenvalue weighted by atomic mass is 10.0. The number of pyridine rings is 1. The number of amides is 1. The van der Waals surface area contributed by atoms with Crippen molar-refractivity contribution in [3.8, 4) is 11.1 Å². The number of piperidine rings is 1. The molecule has 0 aliphatic carbocycles. The smallest absolute Gasteiger partial charge is 0.247 e. The van der Waals surface area contributed by atoms with Gasteiger partial charge in [-0.15, -0.1) is 0 Å². The Morgan fingerprint density at radius 3 is 2.63 bits per heavy atom. The van der Waals surface area contributed by atoms with Crippen LogP contribution in [-0.4, -0.2) is 33.9 Å². The monoisotopic (exact) mass is 468 g/mol. The second-order valence-electron chi connectivity index (χ2n) is 8.41. The third kappa shape index (κ3) is 4.96. The van der Waals surface area contributed by atoms with Crippen molar-refractivity contribution < 1.29 is 9.18 Å². The molecule has 176 valence electrons. The fraction of sp³-hybridized carbons (Fsp3) is 0.185. The van der Waals surface area contributed by atoms with Crippen LogP contribution in [-0.2, 0) is 4.79 Å². The van der Waals surface area contributed by atoms with E-state index in [-0.39, 0.29) is 5.91 Å². The second kappa shape index (κ2) is 9.89. The zero-order chi connectivity index (χ0) is 24.2. The zero-order valence-corrected chi connectivity index (χ0v) is 19.2. The van der Waals surface area contributed by atoms with Gasteiger partial charge in [-0.2, -0.15) is 0 Å². The quantitative estimate of drug-likeness (QED) is 0.354. The fourth-order valence-electron chi connectivity index (χ4n) is 4.25. The van der Waals surface area contributed by atoms with Gasteiger partial charge in [0.25, 0.3) is 0 Å². The molecule has 4 aromatic rings. The molecule has 8 heteroatoms. The van der Waals surface area contributed by atoms with Crippen LogP contribution < -0.4 is 15.5 Å². The molecule has 3 heterocycles. The summed E-state index contributed by atoms with van der Waals surface area (Å²) >= 11 is 0. The predicted molar refractivity (Wildman–Crippen MR) is 137 cm³/mol. The van der Waals surface area contributed by atoms with Crippen LogP contribution in [0.25, 0.3) is 22.0 Å². The van der Waals surface area contributed by atoms with Crippen LogP contribution >= 0.6 is 0 Å². The summed E-state index contributed by atoms with van der Waals surface area (Å²) in [5, 5.41) is 6.58. The fourth-order valence-corrected chi connectivity index (χ4v) is 4.25. The number of fused-ring (bicyclic) bond motifs is 1. The van der Waals surface area contributed by atoms with Crippen LogP contribution in [0.1, 0.15) is 19.3 Å². The van der Waals surface area contributed by atoms with E-state index in [0.717, 1.165) is 24.6 Å². The highest BCUT2D eigenvalue weighted by atomic mass is 19.1. The van der Waals surface area contributed by atoms with Crippen molar-refractivity contribution in [3.63, 3.8) is 0 Å². The minimum atomic E-state index is -0.415. The number of benzene rings is 2. The first-order chi connectivity index (χ1) is 17.1. The second-order valence-corrected chi connectivity index (χ2v) is 8.41. The highest BCUT2D eigenvalue weighted by molar-refractivity contribution is 6.00. The Morgan fingerprint density at radius 2 is 1.86 bits per heavy atom. The summed E-state index contributed by atoms with van der Waals surface area (Å²) in [6, 6.07) is 13.9. The lowest BCUT2D eigenvalue weighted by molar-refractivity contribution is -0.111. The summed E-state index contributed by atoms with van der Waals surface area (Å²) in [4.78, 5) is 27.6. The van der Waals surface area contributed by atoms with E-state index in [0.29, 0.717) is 33.7 Å². The molecule has 0 radical (unpaired) electrons. The molecule has 2 N–H and O–H groups in total. The van der Waals surface area contributed by atoms with Crippen LogP contribution in [0, 0.1) is 5.82 Å². The molecule has 5 rings (SSSR count). The molecule has 7 nitrogen and oxygen atoms in total. The Bertz CT molecular complexity index is 1380. The minimum absolute atomic E-state index is 0.334. The van der Waals surface area contributed by atoms with Crippen LogP contribution in [0.15, 0.2) is 73.6 Å². The number of anilines is 4. The third-order valence-corrected chi connectivity index (χ3v) is 5.99. The predicted octanol–water partition coefficient (Wildman–Crippen LogP) is 5.69. The van der Waals surface area contributed by atoms with Crippen molar-refractivity contribution in [2.75, 3.05) is 28.6 Å². The van der Waals surface area contributed by atoms with E-state index in [4.69, 9.17) is 0 Å². The maximum absolute atomic E-state index is 15.0. The van der Waals surface area contributed by atoms with Crippen molar-refractivity contribution in [1.29, 1.82) is 0 Å². The lowest BCUT2D eigenvalue weighted by Gasteiger charge is -2.27. The van der Waals surface area contributed by atoms with E-state index in [2.05, 4.69) is 37.1 Å². The molecule has 0 saturated carbocycles. The molecule has 35 heavy (non-hydrogen) atoms. The molecule has 1 amide bonds. The standard InChI is InChI=1S/C27H25FN6O/c1-2-24(35)31-20-8-6-7-18(15-20)25-22(28)11-9-19-16-30-27(33-26(19)25)32-21-10-12-23(29-17-21)34-13-4-3-5-14-34/h2,6-12,15-17H,1,3-5,13-14H2,(H,31,35)(H,30,32,33). The Morgan fingerprint density at radius 1 is 1.00 bits per heavy atom. The molecule has 0 unspecified atom stereocenters. The van der Waals surface area contributed by atoms with Crippen LogP contribution in [0.2, 0.25) is 0 Å². The molecule has 1 aliphatic rings. The van der Waals surface area contributed by atoms with Crippen molar-refractivity contribution in [3.05, 3.63) is 79.4 Å². The van der Waals surface area contributed by atoms with E-state index < -0.39 is 5.82 Å². The van der Waals surface area contributed by atoms with E-state index in [1.54, 1.807) is 42.7 Å². The first kappa shape index (κ1) is 22.5. The molecular formula is C27H25FN6O. The third-order valence-electron chi connectivity index (χ3n) is 5.99. The average molecular weight is 469 g/mol. The SMILES string of the molecule is C=CC(=O)Nc1cccc(-c2c(F)ccc3cnc(Nc4ccc(N5CCCCC5)nc4)nc23)c1. The van der Waals surface area contributed by atoms with Gasteiger partial charge >= 0.3 is 0 Å². The van der Waals surface area contributed by atoms with Gasteiger partial charge in [0, 0.05) is 35.9 Å². The van der Waals surface area contributed by atoms with E-state index in [9.17, 15) is 4.79 Å². The number of halogens is 1. The molecule has 2 aromatic heterocycles. The topological polar surface area (TPSA) is 83.0 Å². The van der Waals surface area contributed by atoms with Gasteiger partial charge in [0.2, 0.25) is 11.9 Å². The summed E-state index contributed by atoms with van der Waals surface area (Å²) in [6.45, 7) is 5.52. The average Bonchev–Trinajstić information content (AvgIpc) is 2.89. The van der Waals surface area contributed by atoms with Crippen molar-refractivity contribution in [1.82, 2.24) is 15.0 Å². The normalized spacial score (nSPS) is 13.5. The van der Waals surface area contributed by atoms with Gasteiger partial charge in [-0.05, 0) is 67.3 Å². The molecule has 0 atom stereocenters. The Hall–Kier alpha value is -4.33. The molecule has 2 aromatic carbocycles. The Balaban J connectivity index is 1.45. The van der Waals surface area contributed by atoms with Crippen LogP contribution in [0.3, 0.4) is 0 Å². The number of aromatic nitrogens is 3. The van der Waals surface area contributed by atoms with Crippen LogP contribution in [0.4, 0.5) is 27.5 Å². The number of carbonyl (C=O) groups excluding carboxylic acids is 1. The zero-order valence-electron chi connectivity index (χ0n) is 19.2. The summed E-state index contributed by atoms with van der Waals surface area (Å²) in [5.41, 5.74) is 2.68. The first-order valence-corrected chi connectivity index (χ1v) is 11.6. The molecule has 0 bridgehead atoms. The van der Waals surface area contributed by atoms with Gasteiger partial charge in [-0.1, -0.05) is 18.7 Å². The van der Waals surface area contributed by atoms with Crippen LogP contribution in [0.5, 0.6) is 0 Å². The number of carbonyl (C=O) groups is 1. The highest BCUT2D eigenvalue weighted by Crippen LogP contribution is 2.32. The molecular weight excluding hydrogens is 443 g/mol. The van der Waals surface area contributed by atoms with E-state index in [1.165, 1.54) is 31.4 Å². The molecule has 1 saturated heterocycles. The molecule has 1 aliphatic heterocycles. The lowest BCUT2D eigenvalue weighted by Crippen LogP contribution is -2.29. The van der Waals surface area contributed by atoms with Gasteiger partial charge in [0.15, 0.2) is 0 Å². The van der Waals surface area contributed by atoms with Crippen molar-refractivity contribution >= 4 is 40.0 Å². The van der Waals surface area contributed by atoms with Gasteiger partial charge in [-0.25, -0.2) is 19.3 Å². The first-order valence-electron chi connectivity index (χ1n) is 11.6. The number of nitrogens with zero attached hydrogens (tertiary/aromatic N) is 4. The highest BCUT2D eigenvalue weighted by Gasteiger charge is 2.15. The molecule has 0 spiro atoms. The number of hydrogen-bond donors (Lipinski definition) is 2. The van der Waals surface area contributed by atoms with Crippen molar-refractivity contribution in [2.24, 2.45) is 0 Å². The maximum Gasteiger partial charge on any atom is 0.247 e.